The lowest BCUT2D eigenvalue weighted by atomic mass is 10.3. The molecule has 0 aliphatic heterocycles. The van der Waals surface area contributed by atoms with E-state index >= 15 is 0 Å². The predicted molar refractivity (Wildman–Crippen MR) is 85.0 cm³/mol. The minimum Gasteiger partial charge on any atom is -0.438 e. The molecule has 0 saturated heterocycles. The molecule has 104 valence electrons. The zero-order chi connectivity index (χ0) is 14.2. The lowest BCUT2D eigenvalue weighted by Gasteiger charge is -2.04. The van der Waals surface area contributed by atoms with Gasteiger partial charge >= 0.3 is 0 Å². The Bertz CT molecular complexity index is 948. The van der Waals surface area contributed by atoms with Crippen LogP contribution in [-0.2, 0) is 6.54 Å². The third-order valence-corrected chi connectivity index (χ3v) is 5.01. The summed E-state index contributed by atoms with van der Waals surface area (Å²) < 4.78 is 8.54. The van der Waals surface area contributed by atoms with E-state index in [4.69, 9.17) is 4.42 Å². The van der Waals surface area contributed by atoms with Crippen LogP contribution < -0.4 is 5.43 Å². The number of hydrogen-bond acceptors (Lipinski definition) is 5. The Hall–Kier alpha value is -2.18. The van der Waals surface area contributed by atoms with Gasteiger partial charge in [0.25, 0.3) is 0 Å². The third kappa shape index (κ3) is 2.22. The van der Waals surface area contributed by atoms with E-state index in [1.807, 2.05) is 33.5 Å². The number of fused-ring (bicyclic) bond motifs is 1. The minimum atomic E-state index is 0.0583. The summed E-state index contributed by atoms with van der Waals surface area (Å²) in [5, 5.41) is 3.93. The Labute approximate surface area is 127 Å². The number of rotatable bonds is 3. The average molecular weight is 314 g/mol. The van der Waals surface area contributed by atoms with Crippen molar-refractivity contribution in [2.45, 2.75) is 6.54 Å². The normalized spacial score (nSPS) is 11.2. The van der Waals surface area contributed by atoms with E-state index in [9.17, 15) is 4.79 Å². The summed E-state index contributed by atoms with van der Waals surface area (Å²) in [5.74, 6) is 1.41. The van der Waals surface area contributed by atoms with Gasteiger partial charge in [-0.2, -0.15) is 0 Å². The molecule has 4 rings (SSSR count). The van der Waals surface area contributed by atoms with Crippen LogP contribution in [0.25, 0.3) is 20.9 Å². The Morgan fingerprint density at radius 1 is 1.19 bits per heavy atom. The van der Waals surface area contributed by atoms with Crippen LogP contribution in [0.1, 0.15) is 5.89 Å². The molecule has 4 heterocycles. The van der Waals surface area contributed by atoms with E-state index in [0.29, 0.717) is 12.4 Å². The van der Waals surface area contributed by atoms with Gasteiger partial charge in [0.2, 0.25) is 5.89 Å². The van der Waals surface area contributed by atoms with Gasteiger partial charge in [0, 0.05) is 12.3 Å². The molecular formula is C15H10N2O2S2. The van der Waals surface area contributed by atoms with Crippen molar-refractivity contribution >= 4 is 32.9 Å². The van der Waals surface area contributed by atoms with Crippen LogP contribution in [0.2, 0.25) is 0 Å². The quantitative estimate of drug-likeness (QED) is 0.577. The molecule has 4 nitrogen and oxygen atoms in total. The lowest BCUT2D eigenvalue weighted by Crippen LogP contribution is -2.06. The Balaban J connectivity index is 1.71. The third-order valence-electron chi connectivity index (χ3n) is 3.21. The topological polar surface area (TPSA) is 48.0 Å². The average Bonchev–Trinajstić information content (AvgIpc) is 3.22. The van der Waals surface area contributed by atoms with E-state index in [1.165, 1.54) is 11.3 Å². The molecule has 0 bridgehead atoms. The molecule has 0 aliphatic rings. The van der Waals surface area contributed by atoms with Crippen molar-refractivity contribution in [2.75, 3.05) is 0 Å². The van der Waals surface area contributed by atoms with Gasteiger partial charge in [-0.1, -0.05) is 6.07 Å². The molecule has 0 atom stereocenters. The second-order valence-electron chi connectivity index (χ2n) is 4.54. The van der Waals surface area contributed by atoms with Gasteiger partial charge in [0.05, 0.1) is 27.8 Å². The molecule has 0 aromatic carbocycles. The standard InChI is InChI=1S/C15H10N2O2S2/c18-11-3-5-17(10-4-7-21-15(10)11)9-14-16-8-12(19-14)13-2-1-6-20-13/h1-8H,9H2. The largest absolute Gasteiger partial charge is 0.438 e. The van der Waals surface area contributed by atoms with E-state index in [1.54, 1.807) is 29.8 Å². The fourth-order valence-electron chi connectivity index (χ4n) is 2.23. The molecule has 0 saturated carbocycles. The van der Waals surface area contributed by atoms with Crippen LogP contribution in [0.4, 0.5) is 0 Å². The number of thiophene rings is 2. The molecule has 4 aromatic heterocycles. The molecular weight excluding hydrogens is 304 g/mol. The van der Waals surface area contributed by atoms with E-state index < -0.39 is 0 Å². The minimum absolute atomic E-state index is 0.0583. The summed E-state index contributed by atoms with van der Waals surface area (Å²) in [6.45, 7) is 0.513. The van der Waals surface area contributed by atoms with Crippen LogP contribution in [0, 0.1) is 0 Å². The zero-order valence-corrected chi connectivity index (χ0v) is 12.5. The highest BCUT2D eigenvalue weighted by Gasteiger charge is 2.10. The first-order valence-corrected chi connectivity index (χ1v) is 8.12. The number of pyridine rings is 1. The number of hydrogen-bond donors (Lipinski definition) is 0. The molecule has 0 spiro atoms. The van der Waals surface area contributed by atoms with Gasteiger partial charge in [-0.05, 0) is 22.9 Å². The van der Waals surface area contributed by atoms with Crippen molar-refractivity contribution < 1.29 is 4.42 Å². The van der Waals surface area contributed by atoms with Gasteiger partial charge in [0.1, 0.15) is 0 Å². The maximum Gasteiger partial charge on any atom is 0.214 e. The molecule has 4 aromatic rings. The summed E-state index contributed by atoms with van der Waals surface area (Å²) in [6.07, 6.45) is 3.53. The predicted octanol–water partition coefficient (Wildman–Crippen LogP) is 3.83. The lowest BCUT2D eigenvalue weighted by molar-refractivity contribution is 0.492. The highest BCUT2D eigenvalue weighted by atomic mass is 32.1. The smallest absolute Gasteiger partial charge is 0.214 e. The highest BCUT2D eigenvalue weighted by Crippen LogP contribution is 2.25. The molecule has 0 radical (unpaired) electrons. The number of oxazole rings is 1. The van der Waals surface area contributed by atoms with E-state index in [-0.39, 0.29) is 5.43 Å². The molecule has 6 heteroatoms. The molecule has 0 fully saturated rings. The fraction of sp³-hybridized carbons (Fsp3) is 0.0667. The molecule has 0 amide bonds. The van der Waals surface area contributed by atoms with Crippen LogP contribution in [0.3, 0.4) is 0 Å². The summed E-state index contributed by atoms with van der Waals surface area (Å²) in [6, 6.07) is 7.52. The first-order chi connectivity index (χ1) is 10.3. The zero-order valence-electron chi connectivity index (χ0n) is 10.9. The Kier molecular flexibility index (Phi) is 2.98. The van der Waals surface area contributed by atoms with Crippen LogP contribution in [0.15, 0.2) is 56.6 Å². The monoisotopic (exact) mass is 314 g/mol. The number of nitrogens with zero attached hydrogens (tertiary/aromatic N) is 2. The fourth-order valence-corrected chi connectivity index (χ4v) is 3.72. The van der Waals surface area contributed by atoms with Gasteiger partial charge in [-0.15, -0.1) is 22.7 Å². The molecule has 0 aliphatic carbocycles. The SMILES string of the molecule is O=c1ccn(Cc2ncc(-c3cccs3)o2)c2ccsc12. The molecule has 21 heavy (non-hydrogen) atoms. The van der Waals surface area contributed by atoms with Crippen molar-refractivity contribution in [1.29, 1.82) is 0 Å². The second kappa shape index (κ2) is 4.98. The van der Waals surface area contributed by atoms with Crippen molar-refractivity contribution in [2.24, 2.45) is 0 Å². The molecule has 0 unspecified atom stereocenters. The summed E-state index contributed by atoms with van der Waals surface area (Å²) in [4.78, 5) is 17.2. The van der Waals surface area contributed by atoms with Gasteiger partial charge in [-0.25, -0.2) is 4.98 Å². The van der Waals surface area contributed by atoms with Gasteiger partial charge in [-0.3, -0.25) is 4.79 Å². The number of aromatic nitrogens is 2. The van der Waals surface area contributed by atoms with E-state index in [2.05, 4.69) is 4.98 Å². The first kappa shape index (κ1) is 12.6. The van der Waals surface area contributed by atoms with Crippen molar-refractivity contribution in [3.8, 4) is 10.6 Å². The van der Waals surface area contributed by atoms with Crippen LogP contribution >= 0.6 is 22.7 Å². The summed E-state index contributed by atoms with van der Waals surface area (Å²) in [5.41, 5.74) is 0.978. The highest BCUT2D eigenvalue weighted by molar-refractivity contribution is 7.17. The first-order valence-electron chi connectivity index (χ1n) is 6.36. The van der Waals surface area contributed by atoms with Gasteiger partial charge in [0.15, 0.2) is 11.2 Å². The summed E-state index contributed by atoms with van der Waals surface area (Å²) in [7, 11) is 0. The van der Waals surface area contributed by atoms with Crippen LogP contribution in [-0.4, -0.2) is 9.55 Å². The maximum absolute atomic E-state index is 11.8. The van der Waals surface area contributed by atoms with Crippen molar-refractivity contribution in [3.05, 3.63) is 63.5 Å². The second-order valence-corrected chi connectivity index (χ2v) is 6.40. The van der Waals surface area contributed by atoms with Crippen LogP contribution in [0.5, 0.6) is 0 Å². The molecule has 0 N–H and O–H groups in total. The summed E-state index contributed by atoms with van der Waals surface area (Å²) >= 11 is 3.08. The Morgan fingerprint density at radius 2 is 2.14 bits per heavy atom. The maximum atomic E-state index is 11.8. The van der Waals surface area contributed by atoms with Gasteiger partial charge < -0.3 is 8.98 Å². The Morgan fingerprint density at radius 3 is 3.00 bits per heavy atom. The van der Waals surface area contributed by atoms with Crippen molar-refractivity contribution in [3.63, 3.8) is 0 Å². The van der Waals surface area contributed by atoms with E-state index in [0.717, 1.165) is 20.9 Å². The van der Waals surface area contributed by atoms with Crippen molar-refractivity contribution in [1.82, 2.24) is 9.55 Å².